The molecule has 0 unspecified atom stereocenters. The third-order valence-corrected chi connectivity index (χ3v) is 5.13. The molecule has 1 amide bonds. The second-order valence-corrected chi connectivity index (χ2v) is 7.26. The Morgan fingerprint density at radius 2 is 1.86 bits per heavy atom. The van der Waals surface area contributed by atoms with Crippen molar-refractivity contribution in [1.29, 1.82) is 0 Å². The topological polar surface area (TPSA) is 71.2 Å². The first-order valence-electron chi connectivity index (χ1n) is 10.2. The zero-order valence-electron chi connectivity index (χ0n) is 17.0. The molecule has 0 saturated heterocycles. The number of aryl methyl sites for hydroxylation is 2. The lowest BCUT2D eigenvalue weighted by Gasteiger charge is -2.15. The van der Waals surface area contributed by atoms with Gasteiger partial charge in [0.1, 0.15) is 0 Å². The van der Waals surface area contributed by atoms with E-state index < -0.39 is 0 Å². The van der Waals surface area contributed by atoms with Crippen LogP contribution in [-0.2, 0) is 27.2 Å². The molecule has 0 aliphatic carbocycles. The van der Waals surface area contributed by atoms with Crippen LogP contribution in [0.1, 0.15) is 49.4 Å². The molecule has 0 aliphatic heterocycles. The number of carbonyl (C=O) groups excluding carboxylic acids is 2. The SMILES string of the molecule is CCc1ccc([C@H](C)NC(=O)COC(=O)CCCc2c[nH]c3ccccc23)cc1. The van der Waals surface area contributed by atoms with E-state index in [0.29, 0.717) is 12.8 Å². The van der Waals surface area contributed by atoms with Gasteiger partial charge in [0.2, 0.25) is 0 Å². The summed E-state index contributed by atoms with van der Waals surface area (Å²) >= 11 is 0. The largest absolute Gasteiger partial charge is 0.456 e. The molecule has 0 radical (unpaired) electrons. The van der Waals surface area contributed by atoms with Crippen LogP contribution in [0.4, 0.5) is 0 Å². The van der Waals surface area contributed by atoms with Gasteiger partial charge in [-0.15, -0.1) is 0 Å². The fourth-order valence-corrected chi connectivity index (χ4v) is 3.39. The summed E-state index contributed by atoms with van der Waals surface area (Å²) in [5.74, 6) is -0.637. The third kappa shape index (κ3) is 5.70. The maximum Gasteiger partial charge on any atom is 0.306 e. The van der Waals surface area contributed by atoms with E-state index in [9.17, 15) is 9.59 Å². The minimum absolute atomic E-state index is 0.131. The molecule has 1 heterocycles. The van der Waals surface area contributed by atoms with Crippen LogP contribution in [0.2, 0.25) is 0 Å². The molecule has 0 saturated carbocycles. The van der Waals surface area contributed by atoms with Gasteiger partial charge in [-0.2, -0.15) is 0 Å². The Labute approximate surface area is 171 Å². The van der Waals surface area contributed by atoms with Gasteiger partial charge < -0.3 is 15.0 Å². The number of para-hydroxylation sites is 1. The second-order valence-electron chi connectivity index (χ2n) is 7.26. The van der Waals surface area contributed by atoms with Gasteiger partial charge in [0.15, 0.2) is 6.61 Å². The number of nitrogens with one attached hydrogen (secondary N) is 2. The summed E-state index contributed by atoms with van der Waals surface area (Å²) in [7, 11) is 0. The number of amides is 1. The molecule has 152 valence electrons. The number of H-pyrrole nitrogens is 1. The molecule has 0 spiro atoms. The Morgan fingerprint density at radius 3 is 2.62 bits per heavy atom. The minimum atomic E-state index is -0.347. The molecule has 29 heavy (non-hydrogen) atoms. The van der Waals surface area contributed by atoms with Crippen molar-refractivity contribution < 1.29 is 14.3 Å². The van der Waals surface area contributed by atoms with Gasteiger partial charge in [-0.05, 0) is 48.9 Å². The van der Waals surface area contributed by atoms with E-state index in [4.69, 9.17) is 4.74 Å². The van der Waals surface area contributed by atoms with Crippen LogP contribution in [0.15, 0.2) is 54.7 Å². The van der Waals surface area contributed by atoms with Gasteiger partial charge in [0, 0.05) is 23.5 Å². The number of ether oxygens (including phenoxy) is 1. The van der Waals surface area contributed by atoms with E-state index in [1.54, 1.807) is 0 Å². The molecule has 3 rings (SSSR count). The van der Waals surface area contributed by atoms with E-state index in [1.165, 1.54) is 16.5 Å². The summed E-state index contributed by atoms with van der Waals surface area (Å²) in [6, 6.07) is 16.1. The van der Waals surface area contributed by atoms with Crippen molar-refractivity contribution in [3.05, 3.63) is 71.4 Å². The maximum absolute atomic E-state index is 12.1. The van der Waals surface area contributed by atoms with Gasteiger partial charge >= 0.3 is 5.97 Å². The highest BCUT2D eigenvalue weighted by atomic mass is 16.5. The minimum Gasteiger partial charge on any atom is -0.456 e. The van der Waals surface area contributed by atoms with Gasteiger partial charge in [0.25, 0.3) is 5.91 Å². The highest BCUT2D eigenvalue weighted by Crippen LogP contribution is 2.19. The maximum atomic E-state index is 12.1. The Kier molecular flexibility index (Phi) is 7.06. The van der Waals surface area contributed by atoms with Crippen LogP contribution < -0.4 is 5.32 Å². The van der Waals surface area contributed by atoms with Crippen molar-refractivity contribution in [3.8, 4) is 0 Å². The zero-order valence-corrected chi connectivity index (χ0v) is 17.0. The number of carbonyl (C=O) groups is 2. The summed E-state index contributed by atoms with van der Waals surface area (Å²) in [6.07, 6.45) is 4.73. The highest BCUT2D eigenvalue weighted by Gasteiger charge is 2.12. The molecule has 1 atom stereocenters. The van der Waals surface area contributed by atoms with Crippen molar-refractivity contribution >= 4 is 22.8 Å². The molecule has 1 aromatic heterocycles. The summed E-state index contributed by atoms with van der Waals surface area (Å²) in [4.78, 5) is 27.3. The van der Waals surface area contributed by atoms with Gasteiger partial charge in [-0.25, -0.2) is 0 Å². The zero-order chi connectivity index (χ0) is 20.6. The number of esters is 1. The van der Waals surface area contributed by atoms with Crippen molar-refractivity contribution in [3.63, 3.8) is 0 Å². The summed E-state index contributed by atoms with van der Waals surface area (Å²) in [6.45, 7) is 3.78. The van der Waals surface area contributed by atoms with Crippen molar-refractivity contribution in [2.75, 3.05) is 6.61 Å². The number of aromatic amines is 1. The van der Waals surface area contributed by atoms with E-state index in [0.717, 1.165) is 23.9 Å². The van der Waals surface area contributed by atoms with Crippen molar-refractivity contribution in [2.24, 2.45) is 0 Å². The Bertz CT molecular complexity index is 960. The number of hydrogen-bond acceptors (Lipinski definition) is 3. The molecule has 0 fully saturated rings. The molecular formula is C24H28N2O3. The second kappa shape index (κ2) is 9.92. The first kappa shape index (κ1) is 20.6. The Morgan fingerprint density at radius 1 is 1.10 bits per heavy atom. The number of aromatic nitrogens is 1. The number of hydrogen-bond donors (Lipinski definition) is 2. The van der Waals surface area contributed by atoms with Crippen molar-refractivity contribution in [1.82, 2.24) is 10.3 Å². The van der Waals surface area contributed by atoms with Crippen LogP contribution in [0.3, 0.4) is 0 Å². The van der Waals surface area contributed by atoms with E-state index >= 15 is 0 Å². The molecular weight excluding hydrogens is 364 g/mol. The molecule has 0 aliphatic rings. The predicted molar refractivity (Wildman–Crippen MR) is 115 cm³/mol. The first-order chi connectivity index (χ1) is 14.1. The van der Waals surface area contributed by atoms with Crippen molar-refractivity contribution in [2.45, 2.75) is 45.6 Å². The lowest BCUT2D eigenvalue weighted by atomic mass is 10.1. The van der Waals surface area contributed by atoms with Crippen LogP contribution in [0, 0.1) is 0 Å². The molecule has 5 nitrogen and oxygen atoms in total. The molecule has 2 N–H and O–H groups in total. The first-order valence-corrected chi connectivity index (χ1v) is 10.2. The summed E-state index contributed by atoms with van der Waals surface area (Å²) < 4.78 is 5.13. The van der Waals surface area contributed by atoms with Crippen LogP contribution in [0.25, 0.3) is 10.9 Å². The fourth-order valence-electron chi connectivity index (χ4n) is 3.39. The smallest absolute Gasteiger partial charge is 0.306 e. The van der Waals surface area contributed by atoms with Crippen LogP contribution in [-0.4, -0.2) is 23.5 Å². The number of benzene rings is 2. The Balaban J connectivity index is 1.37. The van der Waals surface area contributed by atoms with E-state index in [2.05, 4.69) is 35.4 Å². The lowest BCUT2D eigenvalue weighted by molar-refractivity contribution is -0.148. The Hall–Kier alpha value is -3.08. The average Bonchev–Trinajstić information content (AvgIpc) is 3.15. The van der Waals surface area contributed by atoms with Crippen LogP contribution in [0.5, 0.6) is 0 Å². The van der Waals surface area contributed by atoms with Gasteiger partial charge in [-0.3, -0.25) is 9.59 Å². The number of fused-ring (bicyclic) bond motifs is 1. The van der Waals surface area contributed by atoms with Gasteiger partial charge in [0.05, 0.1) is 6.04 Å². The summed E-state index contributed by atoms with van der Waals surface area (Å²) in [5, 5.41) is 4.05. The average molecular weight is 392 g/mol. The molecule has 0 bridgehead atoms. The number of rotatable bonds is 9. The predicted octanol–water partition coefficient (Wildman–Crippen LogP) is 4.47. The third-order valence-electron chi connectivity index (χ3n) is 5.13. The molecule has 5 heteroatoms. The van der Waals surface area contributed by atoms with E-state index in [-0.39, 0.29) is 24.5 Å². The van der Waals surface area contributed by atoms with Crippen LogP contribution >= 0.6 is 0 Å². The molecule has 2 aromatic carbocycles. The van der Waals surface area contributed by atoms with E-state index in [1.807, 2.05) is 43.5 Å². The standard InChI is InChI=1S/C24H28N2O3/c1-3-18-11-13-19(14-12-18)17(2)26-23(27)16-29-24(28)10-6-7-20-15-25-22-9-5-4-8-21(20)22/h4-5,8-9,11-15,17,25H,3,6-7,10,16H2,1-2H3,(H,26,27)/t17-/m0/s1. The molecule has 3 aromatic rings. The monoisotopic (exact) mass is 392 g/mol. The van der Waals surface area contributed by atoms with Gasteiger partial charge in [-0.1, -0.05) is 49.4 Å². The summed E-state index contributed by atoms with van der Waals surface area (Å²) in [5.41, 5.74) is 4.57. The fraction of sp³-hybridized carbons (Fsp3) is 0.333. The highest BCUT2D eigenvalue weighted by molar-refractivity contribution is 5.83. The normalized spacial score (nSPS) is 11.9. The quantitative estimate of drug-likeness (QED) is 0.528. The lowest BCUT2D eigenvalue weighted by Crippen LogP contribution is -2.31.